The molecular formula is C18H26N2O3. The smallest absolute Gasteiger partial charge is 0.223 e. The summed E-state index contributed by atoms with van der Waals surface area (Å²) in [6.45, 7) is 1.42. The summed E-state index contributed by atoms with van der Waals surface area (Å²) in [7, 11) is 3.28. The highest BCUT2D eigenvalue weighted by atomic mass is 16.5. The number of rotatable bonds is 4. The van der Waals surface area contributed by atoms with Gasteiger partial charge in [-0.2, -0.15) is 0 Å². The highest BCUT2D eigenvalue weighted by Gasteiger charge is 2.29. The van der Waals surface area contributed by atoms with Gasteiger partial charge in [0.15, 0.2) is 11.5 Å². The number of hydrogen-bond acceptors (Lipinski definition) is 4. The topological polar surface area (TPSA) is 64.8 Å². The third kappa shape index (κ3) is 3.29. The monoisotopic (exact) mass is 318 g/mol. The summed E-state index contributed by atoms with van der Waals surface area (Å²) in [4.78, 5) is 14.6. The lowest BCUT2D eigenvalue weighted by Crippen LogP contribution is -2.38. The highest BCUT2D eigenvalue weighted by Crippen LogP contribution is 2.34. The Morgan fingerprint density at radius 3 is 2.52 bits per heavy atom. The third-order valence-electron chi connectivity index (χ3n) is 5.23. The summed E-state index contributed by atoms with van der Waals surface area (Å²) >= 11 is 0. The van der Waals surface area contributed by atoms with Gasteiger partial charge in [0.1, 0.15) is 0 Å². The standard InChI is InChI=1S/C18H26N2O3/c1-22-16-8-12-6-7-20(11-14(12)9-17(16)23-2)18(21)10-13-4-3-5-15(13)19/h8-9,13,15H,3-7,10-11,19H2,1-2H3/t13-,15+/m0/s1. The van der Waals surface area contributed by atoms with Crippen molar-refractivity contribution in [2.45, 2.75) is 44.7 Å². The summed E-state index contributed by atoms with van der Waals surface area (Å²) in [5.41, 5.74) is 8.49. The van der Waals surface area contributed by atoms with E-state index in [4.69, 9.17) is 15.2 Å². The largest absolute Gasteiger partial charge is 0.493 e. The van der Waals surface area contributed by atoms with Crippen LogP contribution >= 0.6 is 0 Å². The van der Waals surface area contributed by atoms with Crippen LogP contribution < -0.4 is 15.2 Å². The van der Waals surface area contributed by atoms with Gasteiger partial charge in [0.25, 0.3) is 0 Å². The maximum absolute atomic E-state index is 12.6. The number of ether oxygens (including phenoxy) is 2. The van der Waals surface area contributed by atoms with E-state index in [-0.39, 0.29) is 11.9 Å². The lowest BCUT2D eigenvalue weighted by atomic mass is 9.96. The quantitative estimate of drug-likeness (QED) is 0.923. The molecule has 5 heteroatoms. The molecule has 1 aromatic rings. The maximum atomic E-state index is 12.6. The SMILES string of the molecule is COc1cc2c(cc1OC)CN(C(=O)C[C@@H]1CCC[C@H]1N)CC2. The first kappa shape index (κ1) is 16.1. The number of benzene rings is 1. The van der Waals surface area contributed by atoms with Gasteiger partial charge in [0.05, 0.1) is 14.2 Å². The molecule has 1 aliphatic heterocycles. The van der Waals surface area contributed by atoms with Gasteiger partial charge in [-0.3, -0.25) is 4.79 Å². The molecule has 126 valence electrons. The van der Waals surface area contributed by atoms with E-state index in [0.717, 1.165) is 49.3 Å². The first-order chi connectivity index (χ1) is 11.1. The van der Waals surface area contributed by atoms with E-state index in [0.29, 0.717) is 18.9 Å². The first-order valence-electron chi connectivity index (χ1n) is 8.39. The summed E-state index contributed by atoms with van der Waals surface area (Å²) in [6, 6.07) is 4.22. The van der Waals surface area contributed by atoms with Crippen LogP contribution in [0.15, 0.2) is 12.1 Å². The van der Waals surface area contributed by atoms with Gasteiger partial charge < -0.3 is 20.1 Å². The molecule has 3 rings (SSSR count). The molecule has 1 amide bonds. The van der Waals surface area contributed by atoms with E-state index >= 15 is 0 Å². The average Bonchev–Trinajstić information content (AvgIpc) is 2.97. The number of hydrogen-bond donors (Lipinski definition) is 1. The van der Waals surface area contributed by atoms with E-state index in [1.807, 2.05) is 17.0 Å². The fraction of sp³-hybridized carbons (Fsp3) is 0.611. The van der Waals surface area contributed by atoms with Gasteiger partial charge in [-0.05, 0) is 48.4 Å². The molecule has 2 N–H and O–H groups in total. The van der Waals surface area contributed by atoms with Gasteiger partial charge in [0, 0.05) is 25.6 Å². The lowest BCUT2D eigenvalue weighted by molar-refractivity contribution is -0.133. The Bertz CT molecular complexity index is 588. The zero-order valence-corrected chi connectivity index (χ0v) is 14.0. The van der Waals surface area contributed by atoms with Crippen molar-refractivity contribution in [1.82, 2.24) is 4.90 Å². The Morgan fingerprint density at radius 2 is 1.91 bits per heavy atom. The van der Waals surface area contributed by atoms with Crippen LogP contribution in [-0.4, -0.2) is 37.6 Å². The molecule has 1 aliphatic carbocycles. The van der Waals surface area contributed by atoms with Crippen LogP contribution in [0.1, 0.15) is 36.8 Å². The predicted octanol–water partition coefficient (Wildman–Crippen LogP) is 2.11. The van der Waals surface area contributed by atoms with Crippen molar-refractivity contribution >= 4 is 5.91 Å². The van der Waals surface area contributed by atoms with Crippen LogP contribution in [0.3, 0.4) is 0 Å². The Labute approximate surface area is 137 Å². The molecule has 1 saturated carbocycles. The molecule has 0 aromatic heterocycles. The molecule has 2 aliphatic rings. The van der Waals surface area contributed by atoms with E-state index in [1.54, 1.807) is 14.2 Å². The van der Waals surface area contributed by atoms with E-state index in [9.17, 15) is 4.79 Å². The van der Waals surface area contributed by atoms with Crippen molar-refractivity contribution in [3.05, 3.63) is 23.3 Å². The van der Waals surface area contributed by atoms with E-state index in [1.165, 1.54) is 5.56 Å². The minimum atomic E-state index is 0.195. The van der Waals surface area contributed by atoms with E-state index in [2.05, 4.69) is 0 Å². The highest BCUT2D eigenvalue weighted by molar-refractivity contribution is 5.77. The van der Waals surface area contributed by atoms with Gasteiger partial charge in [0.2, 0.25) is 5.91 Å². The van der Waals surface area contributed by atoms with Crippen LogP contribution in [0.4, 0.5) is 0 Å². The summed E-state index contributed by atoms with van der Waals surface area (Å²) in [5.74, 6) is 2.06. The van der Waals surface area contributed by atoms with Crippen LogP contribution in [0.5, 0.6) is 11.5 Å². The summed E-state index contributed by atoms with van der Waals surface area (Å²) in [6.07, 6.45) is 4.74. The van der Waals surface area contributed by atoms with Crippen molar-refractivity contribution in [2.75, 3.05) is 20.8 Å². The number of nitrogens with two attached hydrogens (primary N) is 1. The van der Waals surface area contributed by atoms with Gasteiger partial charge >= 0.3 is 0 Å². The minimum absolute atomic E-state index is 0.195. The van der Waals surface area contributed by atoms with Gasteiger partial charge in [-0.1, -0.05) is 6.42 Å². The first-order valence-corrected chi connectivity index (χ1v) is 8.39. The normalized spacial score (nSPS) is 23.5. The molecular weight excluding hydrogens is 292 g/mol. The van der Waals surface area contributed by atoms with Crippen LogP contribution in [0, 0.1) is 5.92 Å². The number of carbonyl (C=O) groups excluding carboxylic acids is 1. The summed E-state index contributed by atoms with van der Waals surface area (Å²) in [5, 5.41) is 0. The minimum Gasteiger partial charge on any atom is -0.493 e. The van der Waals surface area contributed by atoms with Crippen molar-refractivity contribution in [1.29, 1.82) is 0 Å². The molecule has 0 unspecified atom stereocenters. The number of methoxy groups -OCH3 is 2. The molecule has 1 aromatic carbocycles. The second kappa shape index (κ2) is 6.79. The fourth-order valence-electron chi connectivity index (χ4n) is 3.77. The Hall–Kier alpha value is -1.75. The predicted molar refractivity (Wildman–Crippen MR) is 88.6 cm³/mol. The molecule has 23 heavy (non-hydrogen) atoms. The number of nitrogens with zero attached hydrogens (tertiary/aromatic N) is 1. The van der Waals surface area contributed by atoms with Crippen LogP contribution in [-0.2, 0) is 17.8 Å². The second-order valence-corrected chi connectivity index (χ2v) is 6.60. The fourth-order valence-corrected chi connectivity index (χ4v) is 3.77. The molecule has 5 nitrogen and oxygen atoms in total. The Morgan fingerprint density at radius 1 is 1.22 bits per heavy atom. The average molecular weight is 318 g/mol. The Balaban J connectivity index is 1.70. The molecule has 0 spiro atoms. The van der Waals surface area contributed by atoms with Crippen molar-refractivity contribution in [2.24, 2.45) is 11.7 Å². The second-order valence-electron chi connectivity index (χ2n) is 6.60. The Kier molecular flexibility index (Phi) is 4.76. The number of carbonyl (C=O) groups is 1. The van der Waals surface area contributed by atoms with Crippen LogP contribution in [0.25, 0.3) is 0 Å². The maximum Gasteiger partial charge on any atom is 0.223 e. The number of fused-ring (bicyclic) bond motifs is 1. The zero-order chi connectivity index (χ0) is 16.4. The molecule has 0 bridgehead atoms. The van der Waals surface area contributed by atoms with Gasteiger partial charge in [-0.15, -0.1) is 0 Å². The van der Waals surface area contributed by atoms with E-state index < -0.39 is 0 Å². The number of amides is 1. The van der Waals surface area contributed by atoms with Gasteiger partial charge in [-0.25, -0.2) is 0 Å². The zero-order valence-electron chi connectivity index (χ0n) is 14.0. The summed E-state index contributed by atoms with van der Waals surface area (Å²) < 4.78 is 10.7. The molecule has 0 radical (unpaired) electrons. The molecule has 0 saturated heterocycles. The molecule has 1 fully saturated rings. The van der Waals surface area contributed by atoms with Crippen molar-refractivity contribution in [3.8, 4) is 11.5 Å². The third-order valence-corrected chi connectivity index (χ3v) is 5.23. The lowest BCUT2D eigenvalue weighted by Gasteiger charge is -2.31. The molecule has 1 heterocycles. The van der Waals surface area contributed by atoms with Crippen molar-refractivity contribution in [3.63, 3.8) is 0 Å². The van der Waals surface area contributed by atoms with Crippen molar-refractivity contribution < 1.29 is 14.3 Å². The van der Waals surface area contributed by atoms with Crippen LogP contribution in [0.2, 0.25) is 0 Å². The molecule has 2 atom stereocenters.